The molecule has 6 nitrogen and oxygen atoms in total. The molecule has 0 unspecified atom stereocenters. The predicted octanol–water partition coefficient (Wildman–Crippen LogP) is 2.48. The van der Waals surface area contributed by atoms with Crippen LogP contribution in [0.2, 0.25) is 0 Å². The van der Waals surface area contributed by atoms with Crippen molar-refractivity contribution < 1.29 is 24.2 Å². The summed E-state index contributed by atoms with van der Waals surface area (Å²) < 4.78 is 11.2. The fourth-order valence-corrected chi connectivity index (χ4v) is 3.39. The monoisotopic (exact) mass is 327 g/mol. The predicted molar refractivity (Wildman–Crippen MR) is 84.9 cm³/mol. The van der Waals surface area contributed by atoms with E-state index >= 15 is 0 Å². The Morgan fingerprint density at radius 3 is 2.61 bits per heavy atom. The largest absolute Gasteiger partial charge is 0.444 e. The van der Waals surface area contributed by atoms with Gasteiger partial charge < -0.3 is 14.6 Å². The molecule has 1 saturated heterocycles. The molecule has 1 saturated carbocycles. The zero-order chi connectivity index (χ0) is 17.4. The van der Waals surface area contributed by atoms with Crippen LogP contribution in [-0.2, 0) is 14.3 Å². The number of hydrogen-bond acceptors (Lipinski definition) is 5. The van der Waals surface area contributed by atoms with Crippen LogP contribution in [0.3, 0.4) is 0 Å². The molecule has 0 bridgehead atoms. The Balaban J connectivity index is 2.19. The van der Waals surface area contributed by atoms with Crippen LogP contribution in [-0.4, -0.2) is 52.0 Å². The number of rotatable bonds is 2. The molecule has 3 atom stereocenters. The fourth-order valence-electron chi connectivity index (χ4n) is 3.39. The quantitative estimate of drug-likeness (QED) is 0.843. The van der Waals surface area contributed by atoms with Crippen molar-refractivity contribution in [3.63, 3.8) is 0 Å². The van der Waals surface area contributed by atoms with Crippen molar-refractivity contribution in [2.24, 2.45) is 5.92 Å². The number of ketones is 1. The van der Waals surface area contributed by atoms with Crippen molar-refractivity contribution in [3.05, 3.63) is 0 Å². The first-order valence-electron chi connectivity index (χ1n) is 8.40. The lowest BCUT2D eigenvalue weighted by atomic mass is 9.81. The van der Waals surface area contributed by atoms with Crippen LogP contribution in [0.4, 0.5) is 4.79 Å². The van der Waals surface area contributed by atoms with E-state index < -0.39 is 35.5 Å². The Labute approximate surface area is 138 Å². The number of hydrogen-bond donors (Lipinski definition) is 1. The molecule has 2 aliphatic rings. The molecule has 2 fully saturated rings. The average Bonchev–Trinajstić information content (AvgIpc) is 2.72. The molecular formula is C17H29NO5. The second-order valence-corrected chi connectivity index (χ2v) is 7.98. The van der Waals surface area contributed by atoms with Gasteiger partial charge in [-0.05, 0) is 47.5 Å². The van der Waals surface area contributed by atoms with Gasteiger partial charge in [0.1, 0.15) is 17.1 Å². The molecule has 0 spiro atoms. The van der Waals surface area contributed by atoms with Crippen LogP contribution in [0.15, 0.2) is 0 Å². The maximum Gasteiger partial charge on any atom is 0.412 e. The zero-order valence-corrected chi connectivity index (χ0v) is 14.8. The Morgan fingerprint density at radius 1 is 1.39 bits per heavy atom. The van der Waals surface area contributed by atoms with E-state index in [1.807, 2.05) is 0 Å². The van der Waals surface area contributed by atoms with Crippen molar-refractivity contribution in [2.45, 2.75) is 83.8 Å². The smallest absolute Gasteiger partial charge is 0.412 e. The van der Waals surface area contributed by atoms with Gasteiger partial charge in [-0.2, -0.15) is 0 Å². The van der Waals surface area contributed by atoms with Gasteiger partial charge in [0.15, 0.2) is 0 Å². The van der Waals surface area contributed by atoms with E-state index in [2.05, 4.69) is 0 Å². The van der Waals surface area contributed by atoms with Gasteiger partial charge >= 0.3 is 6.09 Å². The normalized spacial score (nSPS) is 29.5. The third-order valence-electron chi connectivity index (χ3n) is 4.52. The molecule has 1 aliphatic heterocycles. The minimum Gasteiger partial charge on any atom is -0.444 e. The Morgan fingerprint density at radius 2 is 2.04 bits per heavy atom. The van der Waals surface area contributed by atoms with Gasteiger partial charge in [0.2, 0.25) is 0 Å². The van der Waals surface area contributed by atoms with Gasteiger partial charge in [-0.15, -0.1) is 0 Å². The highest BCUT2D eigenvalue weighted by molar-refractivity contribution is 5.82. The van der Waals surface area contributed by atoms with E-state index in [4.69, 9.17) is 9.47 Å². The Bertz CT molecular complexity index is 468. The van der Waals surface area contributed by atoms with E-state index in [1.165, 1.54) is 4.90 Å². The highest BCUT2D eigenvalue weighted by Gasteiger charge is 2.50. The minimum atomic E-state index is -0.919. The first kappa shape index (κ1) is 18.2. The summed E-state index contributed by atoms with van der Waals surface area (Å²) in [6.45, 7) is 9.14. The van der Waals surface area contributed by atoms with E-state index in [-0.39, 0.29) is 12.4 Å². The molecule has 0 aromatic rings. The van der Waals surface area contributed by atoms with Crippen LogP contribution in [0.5, 0.6) is 0 Å². The van der Waals surface area contributed by atoms with E-state index in [0.29, 0.717) is 12.8 Å². The third kappa shape index (κ3) is 4.04. The van der Waals surface area contributed by atoms with Crippen molar-refractivity contribution >= 4 is 11.9 Å². The summed E-state index contributed by atoms with van der Waals surface area (Å²) >= 11 is 0. The van der Waals surface area contributed by atoms with Gasteiger partial charge in [-0.3, -0.25) is 9.69 Å². The number of aliphatic hydroxyl groups excluding tert-OH is 1. The summed E-state index contributed by atoms with van der Waals surface area (Å²) in [6.07, 6.45) is 1.54. The van der Waals surface area contributed by atoms with E-state index in [0.717, 1.165) is 12.8 Å². The topological polar surface area (TPSA) is 76.1 Å². The summed E-state index contributed by atoms with van der Waals surface area (Å²) in [5.74, 6) is -0.339. The summed E-state index contributed by atoms with van der Waals surface area (Å²) in [4.78, 5) is 26.2. The minimum absolute atomic E-state index is 0.0811. The van der Waals surface area contributed by atoms with Gasteiger partial charge in [-0.25, -0.2) is 4.79 Å². The first-order valence-corrected chi connectivity index (χ1v) is 8.40. The molecule has 1 N–H and O–H groups in total. The SMILES string of the molecule is CC(C)(C)OC(=O)N1[C@@H]([C@@H](O)[C@H]2CCCCC2=O)COC1(C)C. The van der Waals surface area contributed by atoms with Crippen molar-refractivity contribution in [3.8, 4) is 0 Å². The molecule has 6 heteroatoms. The number of carbonyl (C=O) groups is 2. The fraction of sp³-hybridized carbons (Fsp3) is 0.882. The van der Waals surface area contributed by atoms with Crippen molar-refractivity contribution in [2.75, 3.05) is 6.61 Å². The lowest BCUT2D eigenvalue weighted by Crippen LogP contribution is -2.55. The van der Waals surface area contributed by atoms with Crippen LogP contribution in [0.25, 0.3) is 0 Å². The summed E-state index contributed by atoms with van der Waals surface area (Å²) in [5.41, 5.74) is -1.50. The van der Waals surface area contributed by atoms with Crippen molar-refractivity contribution in [1.29, 1.82) is 0 Å². The lowest BCUT2D eigenvalue weighted by Gasteiger charge is -2.38. The number of Topliss-reactive ketones (excluding diaryl/α,β-unsaturated/α-hetero) is 1. The molecule has 1 amide bonds. The molecule has 1 heterocycles. The number of carbonyl (C=O) groups excluding carboxylic acids is 2. The third-order valence-corrected chi connectivity index (χ3v) is 4.52. The molecule has 2 rings (SSSR count). The summed E-state index contributed by atoms with van der Waals surface area (Å²) in [7, 11) is 0. The molecule has 23 heavy (non-hydrogen) atoms. The highest BCUT2D eigenvalue weighted by atomic mass is 16.6. The molecule has 1 aliphatic carbocycles. The van der Waals surface area contributed by atoms with Crippen LogP contribution >= 0.6 is 0 Å². The maximum atomic E-state index is 12.6. The second-order valence-electron chi connectivity index (χ2n) is 7.98. The summed E-state index contributed by atoms with van der Waals surface area (Å²) in [6, 6.07) is -0.563. The molecule has 0 radical (unpaired) electrons. The van der Waals surface area contributed by atoms with Gasteiger partial charge in [0.25, 0.3) is 0 Å². The average molecular weight is 327 g/mol. The molecular weight excluding hydrogens is 298 g/mol. The molecule has 0 aromatic carbocycles. The molecule has 132 valence electrons. The number of amides is 1. The second kappa shape index (κ2) is 6.40. The number of aliphatic hydroxyl groups is 1. The number of nitrogens with zero attached hydrogens (tertiary/aromatic N) is 1. The molecule has 0 aromatic heterocycles. The van der Waals surface area contributed by atoms with Crippen LogP contribution < -0.4 is 0 Å². The van der Waals surface area contributed by atoms with E-state index in [9.17, 15) is 14.7 Å². The first-order chi connectivity index (χ1) is 10.5. The van der Waals surface area contributed by atoms with Gasteiger partial charge in [-0.1, -0.05) is 6.42 Å². The Hall–Kier alpha value is -1.14. The van der Waals surface area contributed by atoms with E-state index in [1.54, 1.807) is 34.6 Å². The highest BCUT2D eigenvalue weighted by Crippen LogP contribution is 2.35. The Kier molecular flexibility index (Phi) is 5.06. The maximum absolute atomic E-state index is 12.6. The van der Waals surface area contributed by atoms with Crippen molar-refractivity contribution in [1.82, 2.24) is 4.90 Å². The van der Waals surface area contributed by atoms with Gasteiger partial charge in [0, 0.05) is 12.3 Å². The zero-order valence-electron chi connectivity index (χ0n) is 14.8. The van der Waals surface area contributed by atoms with Crippen LogP contribution in [0, 0.1) is 5.92 Å². The standard InChI is InChI=1S/C17H29NO5/c1-16(2,3)23-15(21)18-12(10-22-17(18,4)5)14(20)11-8-6-7-9-13(11)19/h11-12,14,20H,6-10H2,1-5H3/t11-,12+,14-/m0/s1. The lowest BCUT2D eigenvalue weighted by molar-refractivity contribution is -0.130. The number of ether oxygens (including phenoxy) is 2. The van der Waals surface area contributed by atoms with Gasteiger partial charge in [0.05, 0.1) is 18.8 Å². The summed E-state index contributed by atoms with van der Waals surface area (Å²) in [5, 5.41) is 10.7. The van der Waals surface area contributed by atoms with Crippen LogP contribution in [0.1, 0.15) is 60.3 Å².